The monoisotopic (exact) mass is 343 g/mol. The summed E-state index contributed by atoms with van der Waals surface area (Å²) in [5, 5.41) is 0. The highest BCUT2D eigenvalue weighted by Gasteiger charge is 2.50. The van der Waals surface area contributed by atoms with Gasteiger partial charge in [0.05, 0.1) is 17.0 Å². The molecule has 2 aromatic carbocycles. The van der Waals surface area contributed by atoms with Crippen LogP contribution >= 0.6 is 0 Å². The third-order valence-electron chi connectivity index (χ3n) is 4.73. The number of rotatable bonds is 2. The number of esters is 1. The standard InChI is InChI=1S/C18H17NO4S/c20-17-15-9-4-5-10-16(15)18(23-17)11-6-12-19(13-18)24(21,22)14-7-2-1-3-8-14/h1-5,7-10H,6,11-13H2/t18-/m1/s1. The van der Waals surface area contributed by atoms with E-state index in [9.17, 15) is 13.2 Å². The Kier molecular flexibility index (Phi) is 3.47. The van der Waals surface area contributed by atoms with E-state index >= 15 is 0 Å². The fourth-order valence-electron chi connectivity index (χ4n) is 3.58. The summed E-state index contributed by atoms with van der Waals surface area (Å²) in [6.45, 7) is 0.589. The van der Waals surface area contributed by atoms with Crippen LogP contribution in [0.5, 0.6) is 0 Å². The van der Waals surface area contributed by atoms with E-state index in [4.69, 9.17) is 4.74 Å². The summed E-state index contributed by atoms with van der Waals surface area (Å²) in [5.74, 6) is -0.371. The number of ether oxygens (including phenoxy) is 1. The molecule has 2 aliphatic rings. The van der Waals surface area contributed by atoms with Gasteiger partial charge in [0.25, 0.3) is 0 Å². The maximum absolute atomic E-state index is 12.9. The Bertz CT molecular complexity index is 894. The lowest BCUT2D eigenvalue weighted by atomic mass is 9.86. The molecular formula is C18H17NO4S. The van der Waals surface area contributed by atoms with Crippen LogP contribution in [0, 0.1) is 0 Å². The van der Waals surface area contributed by atoms with Gasteiger partial charge < -0.3 is 4.74 Å². The van der Waals surface area contributed by atoms with Crippen molar-refractivity contribution in [2.75, 3.05) is 13.1 Å². The fraction of sp³-hybridized carbons (Fsp3) is 0.278. The van der Waals surface area contributed by atoms with Gasteiger partial charge in [0.2, 0.25) is 10.0 Å². The van der Waals surface area contributed by atoms with E-state index in [-0.39, 0.29) is 17.4 Å². The lowest BCUT2D eigenvalue weighted by Gasteiger charge is -2.38. The molecule has 0 amide bonds. The van der Waals surface area contributed by atoms with Crippen molar-refractivity contribution in [2.45, 2.75) is 23.3 Å². The topological polar surface area (TPSA) is 63.7 Å². The first-order chi connectivity index (χ1) is 11.5. The van der Waals surface area contributed by atoms with Gasteiger partial charge in [0, 0.05) is 12.1 Å². The molecule has 0 saturated carbocycles. The van der Waals surface area contributed by atoms with Gasteiger partial charge in [-0.05, 0) is 31.0 Å². The summed E-state index contributed by atoms with van der Waals surface area (Å²) in [4.78, 5) is 12.4. The molecule has 4 rings (SSSR count). The number of hydrogen-bond donors (Lipinski definition) is 0. The first kappa shape index (κ1) is 15.4. The summed E-state index contributed by atoms with van der Waals surface area (Å²) in [5.41, 5.74) is 0.466. The Morgan fingerprint density at radius 2 is 1.71 bits per heavy atom. The van der Waals surface area contributed by atoms with Crippen molar-refractivity contribution in [2.24, 2.45) is 0 Å². The van der Waals surface area contributed by atoms with E-state index in [1.165, 1.54) is 4.31 Å². The number of fused-ring (bicyclic) bond motifs is 2. The van der Waals surface area contributed by atoms with E-state index in [1.54, 1.807) is 42.5 Å². The van der Waals surface area contributed by atoms with Gasteiger partial charge >= 0.3 is 5.97 Å². The lowest BCUT2D eigenvalue weighted by Crippen LogP contribution is -2.48. The zero-order valence-corrected chi connectivity index (χ0v) is 13.8. The van der Waals surface area contributed by atoms with Crippen LogP contribution in [0.25, 0.3) is 0 Å². The third-order valence-corrected chi connectivity index (χ3v) is 6.59. The molecule has 1 fully saturated rings. The van der Waals surface area contributed by atoms with Crippen molar-refractivity contribution in [1.29, 1.82) is 0 Å². The van der Waals surface area contributed by atoms with Crippen molar-refractivity contribution < 1.29 is 17.9 Å². The Morgan fingerprint density at radius 3 is 2.50 bits per heavy atom. The molecule has 1 atom stereocenters. The van der Waals surface area contributed by atoms with Crippen LogP contribution in [-0.4, -0.2) is 31.8 Å². The zero-order valence-electron chi connectivity index (χ0n) is 13.0. The lowest BCUT2D eigenvalue weighted by molar-refractivity contribution is -0.0345. The maximum atomic E-state index is 12.9. The van der Waals surface area contributed by atoms with Crippen LogP contribution in [0.4, 0.5) is 0 Å². The van der Waals surface area contributed by atoms with Crippen LogP contribution < -0.4 is 0 Å². The van der Waals surface area contributed by atoms with Gasteiger partial charge in [0.15, 0.2) is 5.60 Å². The van der Waals surface area contributed by atoms with Gasteiger partial charge in [-0.1, -0.05) is 36.4 Å². The van der Waals surface area contributed by atoms with Gasteiger partial charge in [-0.15, -0.1) is 0 Å². The van der Waals surface area contributed by atoms with Crippen LogP contribution in [-0.2, 0) is 20.4 Å². The second-order valence-electron chi connectivity index (χ2n) is 6.18. The van der Waals surface area contributed by atoms with E-state index in [0.29, 0.717) is 24.9 Å². The van der Waals surface area contributed by atoms with E-state index in [1.807, 2.05) is 12.1 Å². The molecule has 0 aliphatic carbocycles. The highest BCUT2D eigenvalue weighted by Crippen LogP contribution is 2.43. The van der Waals surface area contributed by atoms with Crippen molar-refractivity contribution in [3.8, 4) is 0 Å². The molecule has 0 N–H and O–H groups in total. The molecule has 2 aromatic rings. The normalized spacial score (nSPS) is 23.9. The molecule has 1 spiro atoms. The summed E-state index contributed by atoms with van der Waals surface area (Å²) < 4.78 is 32.9. The highest BCUT2D eigenvalue weighted by atomic mass is 32.2. The predicted octanol–water partition coefficient (Wildman–Crippen LogP) is 2.54. The molecule has 0 aromatic heterocycles. The van der Waals surface area contributed by atoms with Crippen LogP contribution in [0.3, 0.4) is 0 Å². The molecule has 0 radical (unpaired) electrons. The van der Waals surface area contributed by atoms with E-state index in [0.717, 1.165) is 5.56 Å². The fourth-order valence-corrected chi connectivity index (χ4v) is 5.13. The summed E-state index contributed by atoms with van der Waals surface area (Å²) >= 11 is 0. The van der Waals surface area contributed by atoms with Crippen LogP contribution in [0.1, 0.15) is 28.8 Å². The van der Waals surface area contributed by atoms with Crippen molar-refractivity contribution in [1.82, 2.24) is 4.31 Å². The number of carbonyl (C=O) groups excluding carboxylic acids is 1. The Balaban J connectivity index is 1.72. The maximum Gasteiger partial charge on any atom is 0.339 e. The molecule has 6 heteroatoms. The molecule has 0 bridgehead atoms. The second kappa shape index (κ2) is 5.43. The summed E-state index contributed by atoms with van der Waals surface area (Å²) in [6.07, 6.45) is 1.28. The molecule has 5 nitrogen and oxygen atoms in total. The second-order valence-corrected chi connectivity index (χ2v) is 8.12. The van der Waals surface area contributed by atoms with Gasteiger partial charge in [-0.2, -0.15) is 4.31 Å². The molecular weight excluding hydrogens is 326 g/mol. The number of benzene rings is 2. The largest absolute Gasteiger partial charge is 0.449 e. The first-order valence-corrected chi connectivity index (χ1v) is 9.35. The summed E-state index contributed by atoms with van der Waals surface area (Å²) in [6, 6.07) is 15.6. The number of nitrogens with zero attached hydrogens (tertiary/aromatic N) is 1. The van der Waals surface area contributed by atoms with Gasteiger partial charge in [0.1, 0.15) is 0 Å². The van der Waals surface area contributed by atoms with E-state index < -0.39 is 15.6 Å². The SMILES string of the molecule is O=C1O[C@@]2(CCCN(S(=O)(=O)c3ccccc3)C2)c2ccccc21. The van der Waals surface area contributed by atoms with Crippen molar-refractivity contribution in [3.05, 3.63) is 65.7 Å². The Morgan fingerprint density at radius 1 is 1.00 bits per heavy atom. The molecule has 124 valence electrons. The van der Waals surface area contributed by atoms with Crippen LogP contribution in [0.2, 0.25) is 0 Å². The van der Waals surface area contributed by atoms with Crippen molar-refractivity contribution in [3.63, 3.8) is 0 Å². The highest BCUT2D eigenvalue weighted by molar-refractivity contribution is 7.89. The smallest absolute Gasteiger partial charge is 0.339 e. The molecule has 24 heavy (non-hydrogen) atoms. The average molecular weight is 343 g/mol. The number of hydrogen-bond acceptors (Lipinski definition) is 4. The minimum atomic E-state index is -3.60. The van der Waals surface area contributed by atoms with Crippen molar-refractivity contribution >= 4 is 16.0 Å². The molecule has 1 saturated heterocycles. The average Bonchev–Trinajstić information content (AvgIpc) is 2.88. The van der Waals surface area contributed by atoms with E-state index in [2.05, 4.69) is 0 Å². The van der Waals surface area contributed by atoms with Gasteiger partial charge in [-0.3, -0.25) is 0 Å². The van der Waals surface area contributed by atoms with Crippen LogP contribution in [0.15, 0.2) is 59.5 Å². The molecule has 2 aliphatic heterocycles. The third kappa shape index (κ3) is 2.25. The summed E-state index contributed by atoms with van der Waals surface area (Å²) in [7, 11) is -3.60. The minimum absolute atomic E-state index is 0.160. The Labute approximate surface area is 140 Å². The molecule has 2 heterocycles. The predicted molar refractivity (Wildman–Crippen MR) is 88.0 cm³/mol. The zero-order chi connectivity index (χ0) is 16.8. The minimum Gasteiger partial charge on any atom is -0.449 e. The number of piperidine rings is 1. The molecule has 0 unspecified atom stereocenters. The quantitative estimate of drug-likeness (QED) is 0.786. The first-order valence-electron chi connectivity index (χ1n) is 7.91. The number of sulfonamides is 1. The van der Waals surface area contributed by atoms with Gasteiger partial charge in [-0.25, -0.2) is 13.2 Å². The number of carbonyl (C=O) groups is 1. The Hall–Kier alpha value is -2.18.